The zero-order chi connectivity index (χ0) is 18.7. The fourth-order valence-electron chi connectivity index (χ4n) is 5.20. The summed E-state index contributed by atoms with van der Waals surface area (Å²) in [7, 11) is 0. The number of carbonyl (C=O) groups is 1. The third-order valence-electron chi connectivity index (χ3n) is 7.04. The van der Waals surface area contributed by atoms with Crippen LogP contribution in [0.2, 0.25) is 0 Å². The predicted molar refractivity (Wildman–Crippen MR) is 100 cm³/mol. The Morgan fingerprint density at radius 1 is 1.31 bits per heavy atom. The second-order valence-electron chi connectivity index (χ2n) is 8.65. The molecule has 0 radical (unpaired) electrons. The average Bonchev–Trinajstić information content (AvgIpc) is 2.63. The number of carboxylic acids is 1. The van der Waals surface area contributed by atoms with Gasteiger partial charge >= 0.3 is 5.97 Å². The Morgan fingerprint density at radius 3 is 2.73 bits per heavy atom. The summed E-state index contributed by atoms with van der Waals surface area (Å²) in [6.07, 6.45) is 10.1. The van der Waals surface area contributed by atoms with Crippen molar-refractivity contribution in [2.75, 3.05) is 0 Å². The fourth-order valence-corrected chi connectivity index (χ4v) is 5.20. The van der Waals surface area contributed by atoms with Crippen molar-refractivity contribution in [1.29, 1.82) is 0 Å². The second-order valence-corrected chi connectivity index (χ2v) is 8.65. The molecule has 3 rings (SSSR count). The number of carboxylic acid groups (broad SMARTS) is 1. The van der Waals surface area contributed by atoms with Crippen LogP contribution in [0.15, 0.2) is 11.6 Å². The van der Waals surface area contributed by atoms with Gasteiger partial charge in [0.25, 0.3) is 0 Å². The fraction of sp³-hybridized carbons (Fsp3) is 0.773. The maximum absolute atomic E-state index is 10.7. The van der Waals surface area contributed by atoms with Crippen molar-refractivity contribution in [2.24, 2.45) is 23.2 Å². The molecule has 0 heterocycles. The van der Waals surface area contributed by atoms with Crippen molar-refractivity contribution in [3.05, 3.63) is 11.6 Å². The molecule has 0 saturated heterocycles. The van der Waals surface area contributed by atoms with E-state index >= 15 is 0 Å². The number of fused-ring (bicyclic) bond motifs is 1. The molecule has 3 aliphatic rings. The first-order chi connectivity index (χ1) is 12.4. The van der Waals surface area contributed by atoms with E-state index in [1.54, 1.807) is 0 Å². The Balaban J connectivity index is 1.65. The molecule has 3 N–H and O–H groups in total. The minimum atomic E-state index is -0.762. The van der Waals surface area contributed by atoms with E-state index in [1.807, 2.05) is 0 Å². The highest BCUT2D eigenvalue weighted by molar-refractivity contribution is 5.66. The highest BCUT2D eigenvalue weighted by Crippen LogP contribution is 2.60. The van der Waals surface area contributed by atoms with Crippen LogP contribution in [0, 0.1) is 35.0 Å². The van der Waals surface area contributed by atoms with Gasteiger partial charge in [0.05, 0.1) is 12.0 Å². The molecular weight excluding hydrogens is 328 g/mol. The Labute approximate surface area is 156 Å². The van der Waals surface area contributed by atoms with Crippen molar-refractivity contribution in [2.45, 2.75) is 83.3 Å². The molecule has 5 atom stereocenters. The first-order valence-corrected chi connectivity index (χ1v) is 10.2. The normalized spacial score (nSPS) is 37.2. The van der Waals surface area contributed by atoms with Crippen molar-refractivity contribution < 1.29 is 20.1 Å². The van der Waals surface area contributed by atoms with E-state index in [0.717, 1.165) is 32.1 Å². The lowest BCUT2D eigenvalue weighted by Crippen LogP contribution is -2.51. The first kappa shape index (κ1) is 19.5. The number of rotatable bonds is 4. The summed E-state index contributed by atoms with van der Waals surface area (Å²) in [5.74, 6) is 6.08. The monoisotopic (exact) mass is 360 g/mol. The summed E-state index contributed by atoms with van der Waals surface area (Å²) in [5.41, 5.74) is 1.36. The van der Waals surface area contributed by atoms with Gasteiger partial charge in [0.1, 0.15) is 6.10 Å². The quantitative estimate of drug-likeness (QED) is 0.529. The maximum Gasteiger partial charge on any atom is 0.303 e. The minimum Gasteiger partial charge on any atom is -0.481 e. The third kappa shape index (κ3) is 4.00. The van der Waals surface area contributed by atoms with Crippen LogP contribution in [-0.2, 0) is 4.79 Å². The topological polar surface area (TPSA) is 77.8 Å². The molecular formula is C22H32O4. The molecule has 5 unspecified atom stereocenters. The van der Waals surface area contributed by atoms with Crippen LogP contribution in [0.25, 0.3) is 0 Å². The Kier molecular flexibility index (Phi) is 6.10. The Bertz CT molecular complexity index is 607. The molecule has 0 bridgehead atoms. The predicted octanol–water partition coefficient (Wildman–Crippen LogP) is 3.52. The minimum absolute atomic E-state index is 0.0346. The molecule has 0 amide bonds. The number of aliphatic carboxylic acids is 1. The lowest BCUT2D eigenvalue weighted by molar-refractivity contribution is -0.136. The van der Waals surface area contributed by atoms with Gasteiger partial charge in [-0.2, -0.15) is 0 Å². The number of aliphatic hydroxyl groups is 2. The van der Waals surface area contributed by atoms with Crippen LogP contribution in [0.1, 0.15) is 71.1 Å². The second kappa shape index (κ2) is 8.15. The molecule has 3 aliphatic carbocycles. The van der Waals surface area contributed by atoms with Crippen molar-refractivity contribution >= 4 is 5.97 Å². The standard InChI is InChI=1S/C22H32O4/c1-22-13-12-20(24)17(10-11-19(23)15-6-3-2-4-7-15)18(22)14-16(22)8-5-9-21(25)26/h8,15,17-20,23-24H,2-7,9,12-14H2,1H3,(H,25,26). The summed E-state index contributed by atoms with van der Waals surface area (Å²) >= 11 is 0. The van der Waals surface area contributed by atoms with E-state index in [4.69, 9.17) is 5.11 Å². The average molecular weight is 360 g/mol. The smallest absolute Gasteiger partial charge is 0.303 e. The molecule has 26 heavy (non-hydrogen) atoms. The Morgan fingerprint density at radius 2 is 2.04 bits per heavy atom. The lowest BCUT2D eigenvalue weighted by Gasteiger charge is -2.57. The van der Waals surface area contributed by atoms with Crippen molar-refractivity contribution in [1.82, 2.24) is 0 Å². The Hall–Kier alpha value is -1.31. The van der Waals surface area contributed by atoms with E-state index in [2.05, 4.69) is 24.8 Å². The van der Waals surface area contributed by atoms with Gasteiger partial charge in [0.15, 0.2) is 0 Å². The van der Waals surface area contributed by atoms with Crippen molar-refractivity contribution in [3.63, 3.8) is 0 Å². The molecule has 0 aromatic carbocycles. The van der Waals surface area contributed by atoms with E-state index in [0.29, 0.717) is 12.3 Å². The number of allylic oxidation sites excluding steroid dienone is 2. The van der Waals surface area contributed by atoms with Gasteiger partial charge in [-0.1, -0.05) is 49.7 Å². The van der Waals surface area contributed by atoms with Crippen molar-refractivity contribution in [3.8, 4) is 11.8 Å². The highest BCUT2D eigenvalue weighted by atomic mass is 16.4. The lowest BCUT2D eigenvalue weighted by atomic mass is 9.48. The molecule has 3 fully saturated rings. The molecule has 0 aliphatic heterocycles. The SMILES string of the molecule is CC12CCC(O)C(C#CC(O)C3CCCCC3)C1CC2=CCCC(=O)O. The first-order valence-electron chi connectivity index (χ1n) is 10.2. The molecule has 0 aromatic heterocycles. The van der Waals surface area contributed by atoms with E-state index in [1.165, 1.54) is 24.8 Å². The molecule has 4 heteroatoms. The van der Waals surface area contributed by atoms with Crippen LogP contribution < -0.4 is 0 Å². The van der Waals surface area contributed by atoms with Gasteiger partial charge in [-0.15, -0.1) is 0 Å². The van der Waals surface area contributed by atoms with Gasteiger partial charge < -0.3 is 15.3 Å². The largest absolute Gasteiger partial charge is 0.481 e. The van der Waals surface area contributed by atoms with E-state index < -0.39 is 18.2 Å². The third-order valence-corrected chi connectivity index (χ3v) is 7.04. The maximum atomic E-state index is 10.7. The summed E-state index contributed by atoms with van der Waals surface area (Å²) in [5, 5.41) is 29.7. The number of aliphatic hydroxyl groups excluding tert-OH is 2. The van der Waals surface area contributed by atoms with Gasteiger partial charge in [0.2, 0.25) is 0 Å². The van der Waals surface area contributed by atoms with Gasteiger partial charge in [-0.05, 0) is 55.8 Å². The van der Waals surface area contributed by atoms with Gasteiger partial charge in [-0.3, -0.25) is 4.79 Å². The summed E-state index contributed by atoms with van der Waals surface area (Å²) < 4.78 is 0. The molecule has 0 spiro atoms. The summed E-state index contributed by atoms with van der Waals surface area (Å²) in [6, 6.07) is 0. The van der Waals surface area contributed by atoms with Gasteiger partial charge in [0, 0.05) is 6.42 Å². The van der Waals surface area contributed by atoms with Gasteiger partial charge in [-0.25, -0.2) is 0 Å². The summed E-state index contributed by atoms with van der Waals surface area (Å²) in [4.78, 5) is 10.7. The van der Waals surface area contributed by atoms with E-state index in [9.17, 15) is 15.0 Å². The highest BCUT2D eigenvalue weighted by Gasteiger charge is 2.54. The van der Waals surface area contributed by atoms with E-state index in [-0.39, 0.29) is 23.7 Å². The molecule has 0 aromatic rings. The molecule has 4 nitrogen and oxygen atoms in total. The van der Waals surface area contributed by atoms with Crippen LogP contribution in [-0.4, -0.2) is 33.5 Å². The number of hydrogen-bond donors (Lipinski definition) is 3. The summed E-state index contributed by atoms with van der Waals surface area (Å²) in [6.45, 7) is 2.23. The van der Waals surface area contributed by atoms with Crippen LogP contribution in [0.4, 0.5) is 0 Å². The number of hydrogen-bond acceptors (Lipinski definition) is 3. The zero-order valence-electron chi connectivity index (χ0n) is 15.8. The van der Waals surface area contributed by atoms with Crippen LogP contribution >= 0.6 is 0 Å². The molecule has 3 saturated carbocycles. The zero-order valence-corrected chi connectivity index (χ0v) is 15.8. The van der Waals surface area contributed by atoms with Crippen LogP contribution in [0.3, 0.4) is 0 Å². The van der Waals surface area contributed by atoms with Crippen LogP contribution in [0.5, 0.6) is 0 Å². The molecule has 144 valence electrons.